The highest BCUT2D eigenvalue weighted by Crippen LogP contribution is 2.38. The molecule has 0 unspecified atom stereocenters. The lowest BCUT2D eigenvalue weighted by atomic mass is 10.2. The van der Waals surface area contributed by atoms with Crippen LogP contribution in [0.3, 0.4) is 0 Å². The molecule has 0 spiro atoms. The number of ether oxygens (including phenoxy) is 2. The monoisotopic (exact) mass is 272 g/mol. The SMILES string of the molecule is CCCNS(=O)(=O)c1cc(N)c2c(c1)OCCO2. The number of benzene rings is 1. The predicted octanol–water partition coefficient (Wildman–Crippen LogP) is 0.728. The maximum Gasteiger partial charge on any atom is 0.240 e. The summed E-state index contributed by atoms with van der Waals surface area (Å²) >= 11 is 0. The summed E-state index contributed by atoms with van der Waals surface area (Å²) < 4.78 is 37.1. The zero-order valence-electron chi connectivity index (χ0n) is 10.1. The lowest BCUT2D eigenvalue weighted by molar-refractivity contribution is 0.172. The van der Waals surface area contributed by atoms with Gasteiger partial charge in [-0.1, -0.05) is 6.92 Å². The molecule has 1 aromatic carbocycles. The normalized spacial score (nSPS) is 14.5. The first kappa shape index (κ1) is 13.0. The molecule has 1 aliphatic rings. The second-order valence-corrected chi connectivity index (χ2v) is 5.70. The number of hydrogen-bond acceptors (Lipinski definition) is 5. The summed E-state index contributed by atoms with van der Waals surface area (Å²) in [6.45, 7) is 3.08. The molecule has 1 heterocycles. The molecule has 3 N–H and O–H groups in total. The summed E-state index contributed by atoms with van der Waals surface area (Å²) in [4.78, 5) is 0.0951. The van der Waals surface area contributed by atoms with Crippen LogP contribution in [0, 0.1) is 0 Å². The van der Waals surface area contributed by atoms with Crippen molar-refractivity contribution in [2.75, 3.05) is 25.5 Å². The summed E-state index contributed by atoms with van der Waals surface area (Å²) in [5.74, 6) is 0.786. The molecule has 18 heavy (non-hydrogen) atoms. The van der Waals surface area contributed by atoms with Gasteiger partial charge in [0.05, 0.1) is 10.6 Å². The Morgan fingerprint density at radius 1 is 1.33 bits per heavy atom. The Bertz CT molecular complexity index is 542. The van der Waals surface area contributed by atoms with Crippen LogP contribution in [0.25, 0.3) is 0 Å². The molecule has 0 radical (unpaired) electrons. The first-order chi connectivity index (χ1) is 8.54. The number of nitrogens with two attached hydrogens (primary N) is 1. The minimum atomic E-state index is -3.54. The van der Waals surface area contributed by atoms with Crippen molar-refractivity contribution in [1.82, 2.24) is 4.72 Å². The molecule has 1 aliphatic heterocycles. The van der Waals surface area contributed by atoms with Crippen LogP contribution in [0.15, 0.2) is 17.0 Å². The standard InChI is InChI=1S/C11H16N2O4S/c1-2-3-13-18(14,15)8-6-9(12)11-10(7-8)16-4-5-17-11/h6-7,13H,2-5,12H2,1H3. The Balaban J connectivity index is 2.38. The van der Waals surface area contributed by atoms with Gasteiger partial charge in [0.25, 0.3) is 0 Å². The zero-order chi connectivity index (χ0) is 13.2. The molecule has 0 atom stereocenters. The Kier molecular flexibility index (Phi) is 3.63. The fourth-order valence-corrected chi connectivity index (χ4v) is 2.81. The molecule has 2 rings (SSSR count). The van der Waals surface area contributed by atoms with Crippen LogP contribution < -0.4 is 19.9 Å². The molecule has 0 fully saturated rings. The van der Waals surface area contributed by atoms with Gasteiger partial charge in [0.1, 0.15) is 13.2 Å². The smallest absolute Gasteiger partial charge is 0.240 e. The van der Waals surface area contributed by atoms with Gasteiger partial charge in [-0.25, -0.2) is 13.1 Å². The molecule has 100 valence electrons. The summed E-state index contributed by atoms with van der Waals surface area (Å²) in [5, 5.41) is 0. The highest BCUT2D eigenvalue weighted by Gasteiger charge is 2.21. The molecular weight excluding hydrogens is 256 g/mol. The number of sulfonamides is 1. The highest BCUT2D eigenvalue weighted by atomic mass is 32.2. The average Bonchev–Trinajstić information content (AvgIpc) is 2.36. The topological polar surface area (TPSA) is 90.7 Å². The van der Waals surface area contributed by atoms with Crippen molar-refractivity contribution >= 4 is 15.7 Å². The van der Waals surface area contributed by atoms with Gasteiger partial charge in [0, 0.05) is 12.6 Å². The number of rotatable bonds is 4. The fourth-order valence-electron chi connectivity index (χ4n) is 1.63. The number of fused-ring (bicyclic) bond motifs is 1. The van der Waals surface area contributed by atoms with Gasteiger partial charge in [-0.05, 0) is 12.5 Å². The van der Waals surface area contributed by atoms with E-state index < -0.39 is 10.0 Å². The van der Waals surface area contributed by atoms with Crippen molar-refractivity contribution in [3.63, 3.8) is 0 Å². The van der Waals surface area contributed by atoms with Crippen LogP contribution in [-0.4, -0.2) is 28.2 Å². The Labute approximate surface area is 106 Å². The minimum absolute atomic E-state index is 0.0951. The lowest BCUT2D eigenvalue weighted by Crippen LogP contribution is -2.25. The van der Waals surface area contributed by atoms with E-state index in [-0.39, 0.29) is 10.6 Å². The van der Waals surface area contributed by atoms with Crippen LogP contribution in [0.2, 0.25) is 0 Å². The van der Waals surface area contributed by atoms with E-state index in [0.29, 0.717) is 31.3 Å². The van der Waals surface area contributed by atoms with E-state index in [1.54, 1.807) is 0 Å². The van der Waals surface area contributed by atoms with Crippen LogP contribution in [0.4, 0.5) is 5.69 Å². The molecule has 6 nitrogen and oxygen atoms in total. The Morgan fingerprint density at radius 3 is 2.78 bits per heavy atom. The summed E-state index contributed by atoms with van der Waals surface area (Å²) in [6.07, 6.45) is 0.721. The number of nitrogen functional groups attached to an aromatic ring is 1. The Morgan fingerprint density at radius 2 is 2.06 bits per heavy atom. The average molecular weight is 272 g/mol. The van der Waals surface area contributed by atoms with Gasteiger partial charge in [0.15, 0.2) is 11.5 Å². The third-order valence-electron chi connectivity index (χ3n) is 2.50. The second-order valence-electron chi connectivity index (χ2n) is 3.93. The second kappa shape index (κ2) is 5.03. The maximum absolute atomic E-state index is 12.0. The highest BCUT2D eigenvalue weighted by molar-refractivity contribution is 7.89. The van der Waals surface area contributed by atoms with E-state index in [1.165, 1.54) is 12.1 Å². The van der Waals surface area contributed by atoms with Gasteiger partial charge >= 0.3 is 0 Å². The van der Waals surface area contributed by atoms with E-state index in [9.17, 15) is 8.42 Å². The molecule has 0 bridgehead atoms. The van der Waals surface area contributed by atoms with E-state index in [2.05, 4.69) is 4.72 Å². The van der Waals surface area contributed by atoms with Crippen LogP contribution >= 0.6 is 0 Å². The first-order valence-electron chi connectivity index (χ1n) is 5.73. The quantitative estimate of drug-likeness (QED) is 0.788. The van der Waals surface area contributed by atoms with E-state index in [1.807, 2.05) is 6.92 Å². The van der Waals surface area contributed by atoms with Crippen molar-refractivity contribution < 1.29 is 17.9 Å². The largest absolute Gasteiger partial charge is 0.486 e. The minimum Gasteiger partial charge on any atom is -0.486 e. The van der Waals surface area contributed by atoms with Gasteiger partial charge < -0.3 is 15.2 Å². The van der Waals surface area contributed by atoms with Gasteiger partial charge in [-0.2, -0.15) is 0 Å². The lowest BCUT2D eigenvalue weighted by Gasteiger charge is -2.20. The molecule has 0 saturated heterocycles. The number of nitrogens with one attached hydrogen (secondary N) is 1. The zero-order valence-corrected chi connectivity index (χ0v) is 10.9. The molecule has 0 aromatic heterocycles. The third-order valence-corrected chi connectivity index (χ3v) is 3.94. The van der Waals surface area contributed by atoms with Crippen LogP contribution in [0.1, 0.15) is 13.3 Å². The van der Waals surface area contributed by atoms with Crippen molar-refractivity contribution in [3.8, 4) is 11.5 Å². The number of hydrogen-bond donors (Lipinski definition) is 2. The van der Waals surface area contributed by atoms with E-state index in [4.69, 9.17) is 15.2 Å². The maximum atomic E-state index is 12.0. The third kappa shape index (κ3) is 2.51. The molecule has 0 aliphatic carbocycles. The Hall–Kier alpha value is -1.47. The molecule has 0 amide bonds. The van der Waals surface area contributed by atoms with Crippen LogP contribution in [0.5, 0.6) is 11.5 Å². The van der Waals surface area contributed by atoms with Crippen LogP contribution in [-0.2, 0) is 10.0 Å². The van der Waals surface area contributed by atoms with Gasteiger partial charge in [0.2, 0.25) is 10.0 Å². The molecule has 7 heteroatoms. The van der Waals surface area contributed by atoms with Gasteiger partial charge in [-0.3, -0.25) is 0 Å². The number of anilines is 1. The summed E-state index contributed by atoms with van der Waals surface area (Å²) in [7, 11) is -3.54. The van der Waals surface area contributed by atoms with Gasteiger partial charge in [-0.15, -0.1) is 0 Å². The van der Waals surface area contributed by atoms with Crippen molar-refractivity contribution in [2.24, 2.45) is 0 Å². The summed E-state index contributed by atoms with van der Waals surface area (Å²) in [6, 6.07) is 2.81. The van der Waals surface area contributed by atoms with Crippen molar-refractivity contribution in [3.05, 3.63) is 12.1 Å². The van der Waals surface area contributed by atoms with Crippen molar-refractivity contribution in [2.45, 2.75) is 18.2 Å². The van der Waals surface area contributed by atoms with E-state index >= 15 is 0 Å². The molecular formula is C11H16N2O4S. The van der Waals surface area contributed by atoms with E-state index in [0.717, 1.165) is 6.42 Å². The predicted molar refractivity (Wildman–Crippen MR) is 67.3 cm³/mol. The molecule has 0 saturated carbocycles. The van der Waals surface area contributed by atoms with Crippen molar-refractivity contribution in [1.29, 1.82) is 0 Å². The molecule has 1 aromatic rings. The first-order valence-corrected chi connectivity index (χ1v) is 7.21. The summed E-state index contributed by atoms with van der Waals surface area (Å²) in [5.41, 5.74) is 6.04. The fraction of sp³-hybridized carbons (Fsp3) is 0.455.